The molecular weight excluding hydrogens is 524 g/mol. The lowest BCUT2D eigenvalue weighted by atomic mass is 10.1. The first-order valence-electron chi connectivity index (χ1n) is 9.01. The Bertz CT molecular complexity index is 998. The molecule has 1 unspecified atom stereocenters. The van der Waals surface area contributed by atoms with Gasteiger partial charge >= 0.3 is 0 Å². The van der Waals surface area contributed by atoms with Crippen molar-refractivity contribution in [1.29, 1.82) is 0 Å². The summed E-state index contributed by atoms with van der Waals surface area (Å²) in [7, 11) is -2.30. The Balaban J connectivity index is 2.35. The topological polar surface area (TPSA) is 86.8 Å². The van der Waals surface area contributed by atoms with Gasteiger partial charge < -0.3 is 10.2 Å². The maximum atomic E-state index is 13.2. The van der Waals surface area contributed by atoms with E-state index in [0.29, 0.717) is 11.3 Å². The Morgan fingerprint density at radius 1 is 1.10 bits per heavy atom. The Hall–Kier alpha value is -2.21. The minimum Gasteiger partial charge on any atom is -0.357 e. The molecule has 1 atom stereocenters. The highest BCUT2D eigenvalue weighted by Gasteiger charge is 2.29. The van der Waals surface area contributed by atoms with Crippen molar-refractivity contribution < 1.29 is 22.4 Å². The van der Waals surface area contributed by atoms with E-state index in [1.165, 1.54) is 36.2 Å². The smallest absolute Gasteiger partial charge is 0.244 e. The first kappa shape index (κ1) is 24.1. The van der Waals surface area contributed by atoms with E-state index in [-0.39, 0.29) is 6.54 Å². The van der Waals surface area contributed by atoms with Crippen molar-refractivity contribution in [3.63, 3.8) is 0 Å². The van der Waals surface area contributed by atoms with E-state index in [4.69, 9.17) is 0 Å². The summed E-state index contributed by atoms with van der Waals surface area (Å²) in [5.74, 6) is -1.37. The van der Waals surface area contributed by atoms with Gasteiger partial charge in [-0.3, -0.25) is 13.9 Å². The number of hydrogen-bond acceptors (Lipinski definition) is 4. The van der Waals surface area contributed by atoms with E-state index >= 15 is 0 Å². The van der Waals surface area contributed by atoms with Crippen LogP contribution in [0.4, 0.5) is 10.1 Å². The molecule has 0 saturated carbocycles. The SMILES string of the molecule is CNC(=O)C(C)N(Cc1ccc(F)cc1)C(=O)CN(c1ccc(I)cc1)S(C)(=O)=O. The summed E-state index contributed by atoms with van der Waals surface area (Å²) >= 11 is 2.10. The molecule has 0 bridgehead atoms. The van der Waals surface area contributed by atoms with E-state index in [9.17, 15) is 22.4 Å². The number of carbonyl (C=O) groups excluding carboxylic acids is 2. The van der Waals surface area contributed by atoms with Crippen LogP contribution in [-0.4, -0.2) is 51.0 Å². The number of amides is 2. The summed E-state index contributed by atoms with van der Waals surface area (Å²) in [4.78, 5) is 26.6. The van der Waals surface area contributed by atoms with Gasteiger partial charge in [0, 0.05) is 17.2 Å². The molecule has 0 fully saturated rings. The first-order valence-corrected chi connectivity index (χ1v) is 11.9. The second-order valence-electron chi connectivity index (χ2n) is 6.68. The van der Waals surface area contributed by atoms with E-state index in [1.54, 1.807) is 31.2 Å². The third-order valence-electron chi connectivity index (χ3n) is 4.47. The normalized spacial score (nSPS) is 12.2. The van der Waals surface area contributed by atoms with Crippen LogP contribution in [0, 0.1) is 9.39 Å². The summed E-state index contributed by atoms with van der Waals surface area (Å²) in [5, 5.41) is 2.49. The number of rotatable bonds is 8. The lowest BCUT2D eigenvalue weighted by Gasteiger charge is -2.31. The maximum absolute atomic E-state index is 13.2. The maximum Gasteiger partial charge on any atom is 0.244 e. The molecule has 0 heterocycles. The van der Waals surface area contributed by atoms with Crippen molar-refractivity contribution in [2.75, 3.05) is 24.2 Å². The van der Waals surface area contributed by atoms with Crippen molar-refractivity contribution in [3.8, 4) is 0 Å². The molecule has 30 heavy (non-hydrogen) atoms. The van der Waals surface area contributed by atoms with Gasteiger partial charge in [-0.1, -0.05) is 12.1 Å². The van der Waals surface area contributed by atoms with Crippen LogP contribution >= 0.6 is 22.6 Å². The second kappa shape index (κ2) is 10.2. The number of likely N-dealkylation sites (N-methyl/N-ethyl adjacent to an activating group) is 1. The summed E-state index contributed by atoms with van der Waals surface area (Å²) in [5.41, 5.74) is 0.960. The highest BCUT2D eigenvalue weighted by Crippen LogP contribution is 2.20. The van der Waals surface area contributed by atoms with Gasteiger partial charge in [0.15, 0.2) is 0 Å². The molecule has 10 heteroatoms. The van der Waals surface area contributed by atoms with Crippen molar-refractivity contribution in [1.82, 2.24) is 10.2 Å². The standard InChI is InChI=1S/C20H23FIN3O4S/c1-14(20(27)23-2)24(12-15-4-6-16(21)7-5-15)19(26)13-25(30(3,28)29)18-10-8-17(22)9-11-18/h4-11,14H,12-13H2,1-3H3,(H,23,27). The number of benzene rings is 2. The van der Waals surface area contributed by atoms with Crippen molar-refractivity contribution in [2.45, 2.75) is 19.5 Å². The van der Waals surface area contributed by atoms with Crippen LogP contribution in [0.5, 0.6) is 0 Å². The highest BCUT2D eigenvalue weighted by atomic mass is 127. The fourth-order valence-electron chi connectivity index (χ4n) is 2.80. The minimum atomic E-state index is -3.76. The molecular formula is C20H23FIN3O4S. The molecule has 0 aromatic heterocycles. The highest BCUT2D eigenvalue weighted by molar-refractivity contribution is 14.1. The lowest BCUT2D eigenvalue weighted by Crippen LogP contribution is -2.50. The predicted molar refractivity (Wildman–Crippen MR) is 122 cm³/mol. The monoisotopic (exact) mass is 547 g/mol. The Morgan fingerprint density at radius 3 is 2.17 bits per heavy atom. The Labute approximate surface area is 189 Å². The third kappa shape index (κ3) is 6.39. The number of halogens is 2. The predicted octanol–water partition coefficient (Wildman–Crippen LogP) is 2.36. The van der Waals surface area contributed by atoms with E-state index in [0.717, 1.165) is 14.1 Å². The van der Waals surface area contributed by atoms with Crippen molar-refractivity contribution in [2.24, 2.45) is 0 Å². The van der Waals surface area contributed by atoms with Crippen LogP contribution in [0.15, 0.2) is 48.5 Å². The average molecular weight is 547 g/mol. The van der Waals surface area contributed by atoms with Crippen molar-refractivity contribution in [3.05, 3.63) is 63.5 Å². The van der Waals surface area contributed by atoms with Crippen LogP contribution in [0.2, 0.25) is 0 Å². The molecule has 0 aliphatic carbocycles. The number of hydrogen-bond donors (Lipinski definition) is 1. The molecule has 2 amide bonds. The molecule has 2 rings (SSSR count). The van der Waals surface area contributed by atoms with E-state index < -0.39 is 40.2 Å². The number of nitrogens with one attached hydrogen (secondary N) is 1. The summed E-state index contributed by atoms with van der Waals surface area (Å²) in [6.45, 7) is 1.11. The van der Waals surface area contributed by atoms with Gasteiger partial charge in [-0.25, -0.2) is 12.8 Å². The van der Waals surface area contributed by atoms with Gasteiger partial charge in [0.1, 0.15) is 18.4 Å². The number of nitrogens with zero attached hydrogens (tertiary/aromatic N) is 2. The largest absolute Gasteiger partial charge is 0.357 e. The van der Waals surface area contributed by atoms with Gasteiger partial charge in [-0.05, 0) is 71.5 Å². The van der Waals surface area contributed by atoms with Gasteiger partial charge in [0.2, 0.25) is 21.8 Å². The molecule has 0 spiro atoms. The van der Waals surface area contributed by atoms with Crippen LogP contribution in [-0.2, 0) is 26.2 Å². The van der Waals surface area contributed by atoms with Gasteiger partial charge in [-0.15, -0.1) is 0 Å². The molecule has 162 valence electrons. The fourth-order valence-corrected chi connectivity index (χ4v) is 4.01. The zero-order valence-corrected chi connectivity index (χ0v) is 19.8. The van der Waals surface area contributed by atoms with E-state index in [2.05, 4.69) is 27.9 Å². The summed E-state index contributed by atoms with van der Waals surface area (Å²) in [6.07, 6.45) is 1.02. The Morgan fingerprint density at radius 2 is 1.67 bits per heavy atom. The fraction of sp³-hybridized carbons (Fsp3) is 0.300. The van der Waals surface area contributed by atoms with Crippen LogP contribution in [0.1, 0.15) is 12.5 Å². The molecule has 0 saturated heterocycles. The molecule has 2 aromatic carbocycles. The minimum absolute atomic E-state index is 0.0258. The summed E-state index contributed by atoms with van der Waals surface area (Å²) in [6, 6.07) is 11.4. The summed E-state index contributed by atoms with van der Waals surface area (Å²) < 4.78 is 39.9. The van der Waals surface area contributed by atoms with Crippen LogP contribution in [0.25, 0.3) is 0 Å². The Kier molecular flexibility index (Phi) is 8.18. The first-order chi connectivity index (χ1) is 14.0. The zero-order chi connectivity index (χ0) is 22.5. The van der Waals surface area contributed by atoms with Crippen LogP contribution in [0.3, 0.4) is 0 Å². The quantitative estimate of drug-likeness (QED) is 0.515. The molecule has 0 radical (unpaired) electrons. The molecule has 1 N–H and O–H groups in total. The zero-order valence-electron chi connectivity index (χ0n) is 16.8. The molecule has 7 nitrogen and oxygen atoms in total. The van der Waals surface area contributed by atoms with Crippen molar-refractivity contribution >= 4 is 50.1 Å². The second-order valence-corrected chi connectivity index (χ2v) is 9.84. The lowest BCUT2D eigenvalue weighted by molar-refractivity contribution is -0.139. The van der Waals surface area contributed by atoms with Gasteiger partial charge in [-0.2, -0.15) is 0 Å². The molecule has 2 aromatic rings. The molecule has 0 aliphatic rings. The number of anilines is 1. The van der Waals surface area contributed by atoms with Crippen LogP contribution < -0.4 is 9.62 Å². The van der Waals surface area contributed by atoms with Gasteiger partial charge in [0.05, 0.1) is 11.9 Å². The number of sulfonamides is 1. The third-order valence-corrected chi connectivity index (χ3v) is 6.33. The number of carbonyl (C=O) groups is 2. The average Bonchev–Trinajstić information content (AvgIpc) is 2.70. The van der Waals surface area contributed by atoms with E-state index in [1.807, 2.05) is 0 Å². The van der Waals surface area contributed by atoms with Gasteiger partial charge in [0.25, 0.3) is 0 Å². The molecule has 0 aliphatic heterocycles.